The van der Waals surface area contributed by atoms with Gasteiger partial charge < -0.3 is 10.6 Å². The van der Waals surface area contributed by atoms with Crippen LogP contribution in [0.3, 0.4) is 0 Å². The highest BCUT2D eigenvalue weighted by Crippen LogP contribution is 2.33. The Hall–Kier alpha value is -1.51. The lowest BCUT2D eigenvalue weighted by molar-refractivity contribution is -0.116. The molecule has 17 heavy (non-hydrogen) atoms. The van der Waals surface area contributed by atoms with Crippen molar-refractivity contribution in [2.45, 2.75) is 32.1 Å². The molecule has 1 saturated carbocycles. The molecule has 1 amide bonds. The van der Waals surface area contributed by atoms with E-state index in [1.165, 1.54) is 30.5 Å². The van der Waals surface area contributed by atoms with E-state index in [1.54, 1.807) is 0 Å². The van der Waals surface area contributed by atoms with Gasteiger partial charge in [0.25, 0.3) is 0 Å². The van der Waals surface area contributed by atoms with E-state index in [1.807, 2.05) is 6.07 Å². The summed E-state index contributed by atoms with van der Waals surface area (Å²) in [5.41, 5.74) is 3.46. The van der Waals surface area contributed by atoms with Gasteiger partial charge in [-0.2, -0.15) is 0 Å². The zero-order chi connectivity index (χ0) is 11.7. The van der Waals surface area contributed by atoms with Crippen LogP contribution in [0.15, 0.2) is 18.2 Å². The number of nitrogens with one attached hydrogen (secondary N) is 2. The number of fused-ring (bicyclic) bond motifs is 1. The number of carbonyl (C=O) groups excluding carboxylic acids is 1. The van der Waals surface area contributed by atoms with Gasteiger partial charge in [0.15, 0.2) is 0 Å². The number of hydrogen-bond donors (Lipinski definition) is 2. The molecule has 0 saturated heterocycles. The molecule has 1 aromatic carbocycles. The van der Waals surface area contributed by atoms with Crippen molar-refractivity contribution in [1.29, 1.82) is 0 Å². The van der Waals surface area contributed by atoms with Gasteiger partial charge in [0.1, 0.15) is 0 Å². The van der Waals surface area contributed by atoms with E-state index in [0.717, 1.165) is 18.7 Å². The van der Waals surface area contributed by atoms with Crippen LogP contribution in [-0.4, -0.2) is 12.5 Å². The zero-order valence-corrected chi connectivity index (χ0v) is 9.96. The fourth-order valence-corrected chi connectivity index (χ4v) is 2.33. The number of hydrogen-bond acceptors (Lipinski definition) is 2. The number of benzene rings is 1. The summed E-state index contributed by atoms with van der Waals surface area (Å²) in [4.78, 5) is 11.7. The quantitative estimate of drug-likeness (QED) is 0.838. The molecule has 90 valence electrons. The Morgan fingerprint density at radius 2 is 2.29 bits per heavy atom. The lowest BCUT2D eigenvalue weighted by atomic mass is 10.0. The van der Waals surface area contributed by atoms with Crippen LogP contribution in [0.1, 0.15) is 31.2 Å². The topological polar surface area (TPSA) is 41.1 Å². The minimum absolute atomic E-state index is 0.156. The van der Waals surface area contributed by atoms with Crippen molar-refractivity contribution >= 4 is 17.3 Å². The first-order valence-corrected chi connectivity index (χ1v) is 6.48. The molecular formula is C14H18N2O. The number of aryl methyl sites for hydroxylation is 1. The van der Waals surface area contributed by atoms with Crippen LogP contribution in [-0.2, 0) is 11.2 Å². The molecule has 0 unspecified atom stereocenters. The van der Waals surface area contributed by atoms with Crippen molar-refractivity contribution in [3.05, 3.63) is 23.8 Å². The van der Waals surface area contributed by atoms with Crippen molar-refractivity contribution in [3.8, 4) is 0 Å². The molecule has 1 heterocycles. The third-order valence-corrected chi connectivity index (χ3v) is 3.50. The number of rotatable bonds is 3. The first kappa shape index (κ1) is 10.6. The van der Waals surface area contributed by atoms with Gasteiger partial charge in [0.05, 0.1) is 0 Å². The fraction of sp³-hybridized carbons (Fsp3) is 0.500. The number of carbonyl (C=O) groups is 1. The molecule has 3 rings (SSSR count). The first-order valence-electron chi connectivity index (χ1n) is 6.48. The van der Waals surface area contributed by atoms with Crippen LogP contribution in [0.4, 0.5) is 11.4 Å². The van der Waals surface area contributed by atoms with E-state index in [4.69, 9.17) is 0 Å². The third kappa shape index (κ3) is 2.60. The molecule has 0 radical (unpaired) electrons. The molecular weight excluding hydrogens is 212 g/mol. The Balaban J connectivity index is 1.67. The van der Waals surface area contributed by atoms with Crippen molar-refractivity contribution in [3.63, 3.8) is 0 Å². The van der Waals surface area contributed by atoms with Gasteiger partial charge in [0.2, 0.25) is 5.91 Å². The van der Waals surface area contributed by atoms with E-state index in [2.05, 4.69) is 22.8 Å². The summed E-state index contributed by atoms with van der Waals surface area (Å²) >= 11 is 0. The summed E-state index contributed by atoms with van der Waals surface area (Å²) in [5, 5.41) is 6.36. The highest BCUT2D eigenvalue weighted by Gasteiger charge is 2.24. The van der Waals surface area contributed by atoms with Crippen LogP contribution in [0, 0.1) is 5.92 Å². The summed E-state index contributed by atoms with van der Waals surface area (Å²) < 4.78 is 0. The maximum Gasteiger partial charge on any atom is 0.224 e. The Labute approximate surface area is 102 Å². The van der Waals surface area contributed by atoms with Gasteiger partial charge in [-0.05, 0) is 49.3 Å². The van der Waals surface area contributed by atoms with Gasteiger partial charge in [-0.1, -0.05) is 6.07 Å². The Kier molecular flexibility index (Phi) is 2.75. The second-order valence-corrected chi connectivity index (χ2v) is 5.10. The molecule has 0 aromatic heterocycles. The number of anilines is 2. The van der Waals surface area contributed by atoms with E-state index in [0.29, 0.717) is 12.3 Å². The van der Waals surface area contributed by atoms with Crippen LogP contribution >= 0.6 is 0 Å². The predicted molar refractivity (Wildman–Crippen MR) is 69.2 cm³/mol. The lowest BCUT2D eigenvalue weighted by Crippen LogP contribution is -2.14. The van der Waals surface area contributed by atoms with E-state index in [9.17, 15) is 4.79 Å². The van der Waals surface area contributed by atoms with Gasteiger partial charge in [-0.3, -0.25) is 4.79 Å². The Bertz CT molecular complexity index is 438. The highest BCUT2D eigenvalue weighted by atomic mass is 16.1. The summed E-state index contributed by atoms with van der Waals surface area (Å²) in [6.07, 6.45) is 5.46. The van der Waals surface area contributed by atoms with E-state index >= 15 is 0 Å². The normalized spacial score (nSPS) is 18.1. The molecule has 2 aliphatic rings. The SMILES string of the molecule is O=C(CC1CC1)Nc1ccc2c(c1)NCCC2. The van der Waals surface area contributed by atoms with Crippen LogP contribution in [0.5, 0.6) is 0 Å². The number of amides is 1. The third-order valence-electron chi connectivity index (χ3n) is 3.50. The first-order chi connectivity index (χ1) is 8.31. The zero-order valence-electron chi connectivity index (χ0n) is 9.96. The van der Waals surface area contributed by atoms with Crippen molar-refractivity contribution < 1.29 is 4.79 Å². The van der Waals surface area contributed by atoms with Gasteiger partial charge in [-0.15, -0.1) is 0 Å². The van der Waals surface area contributed by atoms with Crippen molar-refractivity contribution in [2.75, 3.05) is 17.2 Å². The van der Waals surface area contributed by atoms with Crippen LogP contribution in [0.2, 0.25) is 0 Å². The maximum absolute atomic E-state index is 11.7. The van der Waals surface area contributed by atoms with Crippen LogP contribution < -0.4 is 10.6 Å². The van der Waals surface area contributed by atoms with Gasteiger partial charge in [0, 0.05) is 24.3 Å². The Morgan fingerprint density at radius 3 is 3.12 bits per heavy atom. The summed E-state index contributed by atoms with van der Waals surface area (Å²) in [7, 11) is 0. The molecule has 1 aliphatic carbocycles. The predicted octanol–water partition coefficient (Wildman–Crippen LogP) is 2.78. The molecule has 2 N–H and O–H groups in total. The lowest BCUT2D eigenvalue weighted by Gasteiger charge is -2.18. The summed E-state index contributed by atoms with van der Waals surface area (Å²) in [5.74, 6) is 0.800. The molecule has 0 bridgehead atoms. The average molecular weight is 230 g/mol. The van der Waals surface area contributed by atoms with Crippen LogP contribution in [0.25, 0.3) is 0 Å². The van der Waals surface area contributed by atoms with E-state index < -0.39 is 0 Å². The van der Waals surface area contributed by atoms with Crippen molar-refractivity contribution in [1.82, 2.24) is 0 Å². The standard InChI is InChI=1S/C14H18N2O/c17-14(8-10-3-4-10)16-12-6-5-11-2-1-7-15-13(11)9-12/h5-6,9-10,15H,1-4,7-8H2,(H,16,17). The average Bonchev–Trinajstić information content (AvgIpc) is 3.12. The van der Waals surface area contributed by atoms with Gasteiger partial charge in [-0.25, -0.2) is 0 Å². The molecule has 0 atom stereocenters. The maximum atomic E-state index is 11.7. The highest BCUT2D eigenvalue weighted by molar-refractivity contribution is 5.91. The minimum atomic E-state index is 0.156. The fourth-order valence-electron chi connectivity index (χ4n) is 2.33. The molecule has 3 nitrogen and oxygen atoms in total. The Morgan fingerprint density at radius 1 is 1.41 bits per heavy atom. The second kappa shape index (κ2) is 4.40. The molecule has 1 aliphatic heterocycles. The minimum Gasteiger partial charge on any atom is -0.385 e. The van der Waals surface area contributed by atoms with Crippen molar-refractivity contribution in [2.24, 2.45) is 5.92 Å². The second-order valence-electron chi connectivity index (χ2n) is 5.10. The molecule has 0 spiro atoms. The summed E-state index contributed by atoms with van der Waals surface area (Å²) in [6, 6.07) is 6.18. The summed E-state index contributed by atoms with van der Waals surface area (Å²) in [6.45, 7) is 1.03. The molecule has 1 fully saturated rings. The van der Waals surface area contributed by atoms with Gasteiger partial charge >= 0.3 is 0 Å². The van der Waals surface area contributed by atoms with E-state index in [-0.39, 0.29) is 5.91 Å². The largest absolute Gasteiger partial charge is 0.385 e. The smallest absolute Gasteiger partial charge is 0.224 e. The molecule has 1 aromatic rings. The molecule has 3 heteroatoms. The monoisotopic (exact) mass is 230 g/mol.